The van der Waals surface area contributed by atoms with E-state index in [1.54, 1.807) is 11.3 Å². The van der Waals surface area contributed by atoms with E-state index in [0.717, 1.165) is 18.5 Å². The van der Waals surface area contributed by atoms with Crippen LogP contribution in [0, 0.1) is 5.92 Å². The van der Waals surface area contributed by atoms with Gasteiger partial charge < -0.3 is 10.2 Å². The molecule has 18 heavy (non-hydrogen) atoms. The Morgan fingerprint density at radius 3 is 3.06 bits per heavy atom. The average Bonchev–Trinajstić information content (AvgIpc) is 2.98. The first-order valence-electron chi connectivity index (χ1n) is 7.22. The van der Waals surface area contributed by atoms with E-state index >= 15 is 0 Å². The summed E-state index contributed by atoms with van der Waals surface area (Å²) >= 11 is 1.80. The molecular weight excluding hydrogens is 240 g/mol. The molecule has 0 saturated heterocycles. The van der Waals surface area contributed by atoms with E-state index in [-0.39, 0.29) is 0 Å². The Bertz CT molecular complexity index is 323. The Balaban J connectivity index is 1.77. The van der Waals surface area contributed by atoms with Gasteiger partial charge in [-0.3, -0.25) is 0 Å². The first-order valence-corrected chi connectivity index (χ1v) is 8.17. The van der Waals surface area contributed by atoms with Crippen molar-refractivity contribution < 1.29 is 0 Å². The molecule has 1 aliphatic rings. The summed E-state index contributed by atoms with van der Waals surface area (Å²) in [6.07, 6.45) is 5.42. The highest BCUT2D eigenvalue weighted by Gasteiger charge is 2.27. The molecule has 1 N–H and O–H groups in total. The van der Waals surface area contributed by atoms with E-state index in [9.17, 15) is 0 Å². The van der Waals surface area contributed by atoms with E-state index in [1.165, 1.54) is 44.3 Å². The van der Waals surface area contributed by atoms with Crippen LogP contribution in [0.3, 0.4) is 0 Å². The summed E-state index contributed by atoms with van der Waals surface area (Å²) in [6.45, 7) is 5.76. The van der Waals surface area contributed by atoms with Gasteiger partial charge in [-0.2, -0.15) is 11.3 Å². The van der Waals surface area contributed by atoms with E-state index < -0.39 is 0 Å². The number of nitrogens with one attached hydrogen (secondary N) is 1. The van der Waals surface area contributed by atoms with E-state index in [0.29, 0.717) is 0 Å². The number of nitrogens with zero attached hydrogens (tertiary/aromatic N) is 1. The molecular formula is C15H26N2S. The predicted octanol–water partition coefficient (Wildman–Crippen LogP) is 3.35. The largest absolute Gasteiger partial charge is 0.314 e. The maximum Gasteiger partial charge on any atom is 0.0239 e. The van der Waals surface area contributed by atoms with Crippen LogP contribution in [0.2, 0.25) is 0 Å². The van der Waals surface area contributed by atoms with Gasteiger partial charge in [-0.15, -0.1) is 0 Å². The zero-order chi connectivity index (χ0) is 12.8. The number of hydrogen-bond acceptors (Lipinski definition) is 3. The van der Waals surface area contributed by atoms with E-state index in [1.807, 2.05) is 0 Å². The highest BCUT2D eigenvalue weighted by Crippen LogP contribution is 2.26. The molecule has 2 unspecified atom stereocenters. The lowest BCUT2D eigenvalue weighted by Gasteiger charge is -2.26. The number of rotatable bonds is 7. The minimum atomic E-state index is 0.759. The second kappa shape index (κ2) is 7.27. The fraction of sp³-hybridized carbons (Fsp3) is 0.733. The van der Waals surface area contributed by atoms with Crippen molar-refractivity contribution in [2.75, 3.05) is 20.1 Å². The highest BCUT2D eigenvalue weighted by atomic mass is 32.1. The van der Waals surface area contributed by atoms with Gasteiger partial charge in [0.2, 0.25) is 0 Å². The molecule has 2 rings (SSSR count). The maximum absolute atomic E-state index is 3.72. The molecule has 0 radical (unpaired) electrons. The summed E-state index contributed by atoms with van der Waals surface area (Å²) in [5.41, 5.74) is 1.46. The van der Waals surface area contributed by atoms with Gasteiger partial charge in [0.25, 0.3) is 0 Å². The van der Waals surface area contributed by atoms with Crippen LogP contribution in [0.1, 0.15) is 38.2 Å². The van der Waals surface area contributed by atoms with Gasteiger partial charge >= 0.3 is 0 Å². The standard InChI is InChI=1S/C15H26N2S/c1-3-8-16-15-6-4-5-14(15)11-17(2)10-13-7-9-18-12-13/h7,9,12,14-16H,3-6,8,10-11H2,1-2H3. The number of hydrogen-bond donors (Lipinski definition) is 1. The van der Waals surface area contributed by atoms with Gasteiger partial charge in [0, 0.05) is 19.1 Å². The molecule has 1 heterocycles. The second-order valence-electron chi connectivity index (χ2n) is 5.58. The summed E-state index contributed by atoms with van der Waals surface area (Å²) in [5, 5.41) is 8.15. The SMILES string of the molecule is CCCNC1CCCC1CN(C)Cc1ccsc1. The van der Waals surface area contributed by atoms with Crippen molar-refractivity contribution >= 4 is 11.3 Å². The predicted molar refractivity (Wildman–Crippen MR) is 80.1 cm³/mol. The van der Waals surface area contributed by atoms with Crippen molar-refractivity contribution in [3.8, 4) is 0 Å². The molecule has 0 aromatic carbocycles. The van der Waals surface area contributed by atoms with Crippen LogP contribution in [0.15, 0.2) is 16.8 Å². The molecule has 0 bridgehead atoms. The quantitative estimate of drug-likeness (QED) is 0.814. The molecule has 0 amide bonds. The molecule has 0 spiro atoms. The van der Waals surface area contributed by atoms with Gasteiger partial charge in [-0.25, -0.2) is 0 Å². The lowest BCUT2D eigenvalue weighted by molar-refractivity contribution is 0.245. The first-order chi connectivity index (χ1) is 8.79. The zero-order valence-electron chi connectivity index (χ0n) is 11.7. The third-order valence-corrected chi connectivity index (χ3v) is 4.63. The van der Waals surface area contributed by atoms with Gasteiger partial charge in [0.1, 0.15) is 0 Å². The molecule has 102 valence electrons. The fourth-order valence-corrected chi connectivity index (χ4v) is 3.67. The third-order valence-electron chi connectivity index (χ3n) is 3.89. The molecule has 2 nitrogen and oxygen atoms in total. The Hall–Kier alpha value is -0.380. The molecule has 1 aromatic rings. The highest BCUT2D eigenvalue weighted by molar-refractivity contribution is 7.07. The lowest BCUT2D eigenvalue weighted by Crippen LogP contribution is -2.38. The molecule has 1 aliphatic carbocycles. The topological polar surface area (TPSA) is 15.3 Å². The molecule has 1 saturated carbocycles. The Morgan fingerprint density at radius 2 is 2.33 bits per heavy atom. The van der Waals surface area contributed by atoms with Crippen molar-refractivity contribution in [2.24, 2.45) is 5.92 Å². The monoisotopic (exact) mass is 266 g/mol. The van der Waals surface area contributed by atoms with Crippen LogP contribution in [0.5, 0.6) is 0 Å². The van der Waals surface area contributed by atoms with Crippen LogP contribution in [0.4, 0.5) is 0 Å². The van der Waals surface area contributed by atoms with Crippen molar-refractivity contribution in [3.63, 3.8) is 0 Å². The Kier molecular flexibility index (Phi) is 5.67. The summed E-state index contributed by atoms with van der Waals surface area (Å²) < 4.78 is 0. The van der Waals surface area contributed by atoms with Crippen molar-refractivity contribution in [2.45, 2.75) is 45.2 Å². The summed E-state index contributed by atoms with van der Waals surface area (Å²) in [7, 11) is 2.26. The number of thiophene rings is 1. The fourth-order valence-electron chi connectivity index (χ4n) is 3.01. The van der Waals surface area contributed by atoms with Gasteiger partial charge in [-0.05, 0) is 61.2 Å². The van der Waals surface area contributed by atoms with Gasteiger partial charge in [-0.1, -0.05) is 13.3 Å². The molecule has 3 heteroatoms. The molecule has 0 aliphatic heterocycles. The van der Waals surface area contributed by atoms with Crippen molar-refractivity contribution in [1.29, 1.82) is 0 Å². The smallest absolute Gasteiger partial charge is 0.0239 e. The molecule has 2 atom stereocenters. The normalized spacial score (nSPS) is 23.9. The second-order valence-corrected chi connectivity index (χ2v) is 6.36. The van der Waals surface area contributed by atoms with Gasteiger partial charge in [0.05, 0.1) is 0 Å². The zero-order valence-corrected chi connectivity index (χ0v) is 12.5. The lowest BCUT2D eigenvalue weighted by atomic mass is 10.0. The van der Waals surface area contributed by atoms with E-state index in [2.05, 4.69) is 41.0 Å². The van der Waals surface area contributed by atoms with Crippen LogP contribution in [-0.4, -0.2) is 31.1 Å². The van der Waals surface area contributed by atoms with Crippen LogP contribution < -0.4 is 5.32 Å². The van der Waals surface area contributed by atoms with Crippen molar-refractivity contribution in [3.05, 3.63) is 22.4 Å². The minimum Gasteiger partial charge on any atom is -0.314 e. The minimum absolute atomic E-state index is 0.759. The maximum atomic E-state index is 3.72. The average molecular weight is 266 g/mol. The van der Waals surface area contributed by atoms with Crippen LogP contribution >= 0.6 is 11.3 Å². The summed E-state index contributed by atoms with van der Waals surface area (Å²) in [4.78, 5) is 2.48. The van der Waals surface area contributed by atoms with E-state index in [4.69, 9.17) is 0 Å². The van der Waals surface area contributed by atoms with Crippen LogP contribution in [-0.2, 0) is 6.54 Å². The summed E-state index contributed by atoms with van der Waals surface area (Å²) in [6, 6.07) is 3.00. The van der Waals surface area contributed by atoms with Crippen molar-refractivity contribution in [1.82, 2.24) is 10.2 Å². The summed E-state index contributed by atoms with van der Waals surface area (Å²) in [5.74, 6) is 0.847. The Labute approximate surface area is 115 Å². The van der Waals surface area contributed by atoms with Crippen LogP contribution in [0.25, 0.3) is 0 Å². The third kappa shape index (κ3) is 4.08. The first kappa shape index (κ1) is 14.0. The molecule has 1 aromatic heterocycles. The molecule has 1 fully saturated rings. The van der Waals surface area contributed by atoms with Gasteiger partial charge in [0.15, 0.2) is 0 Å². The Morgan fingerprint density at radius 1 is 1.44 bits per heavy atom.